The van der Waals surface area contributed by atoms with Gasteiger partial charge in [-0.2, -0.15) is 0 Å². The maximum absolute atomic E-state index is 11.8. The molecule has 1 heterocycles. The molecule has 3 N–H and O–H groups in total. The third-order valence-electron chi connectivity index (χ3n) is 2.53. The van der Waals surface area contributed by atoms with E-state index < -0.39 is 0 Å². The summed E-state index contributed by atoms with van der Waals surface area (Å²) in [5, 5.41) is 3.69. The number of carbonyl (C=O) groups excluding carboxylic acids is 1. The number of hydrogen-bond acceptors (Lipinski definition) is 3. The van der Waals surface area contributed by atoms with E-state index in [4.69, 9.17) is 22.4 Å². The van der Waals surface area contributed by atoms with Crippen LogP contribution >= 0.6 is 12.2 Å². The standard InChI is InChI=1S/C13H14N2O2S/c14-12(18)6-3-7-15-13(16)11-8-9-4-1-2-5-10(9)17-11/h1-2,4-5,8H,3,6-7H2,(H2,14,18)(H,15,16). The second kappa shape index (κ2) is 5.64. The first-order chi connectivity index (χ1) is 8.66. The molecule has 0 aliphatic rings. The van der Waals surface area contributed by atoms with Crippen LogP contribution in [0.15, 0.2) is 34.7 Å². The van der Waals surface area contributed by atoms with Gasteiger partial charge < -0.3 is 15.5 Å². The predicted molar refractivity (Wildman–Crippen MR) is 74.6 cm³/mol. The van der Waals surface area contributed by atoms with Crippen molar-refractivity contribution in [3.8, 4) is 0 Å². The third kappa shape index (κ3) is 3.07. The molecule has 0 bridgehead atoms. The second-order valence-electron chi connectivity index (χ2n) is 3.97. The number of furan rings is 1. The molecule has 94 valence electrons. The fourth-order valence-electron chi connectivity index (χ4n) is 1.65. The molecule has 2 aromatic rings. The summed E-state index contributed by atoms with van der Waals surface area (Å²) in [5.74, 6) is 0.112. The number of para-hydroxylation sites is 1. The van der Waals surface area contributed by atoms with Gasteiger partial charge in [-0.1, -0.05) is 30.4 Å². The second-order valence-corrected chi connectivity index (χ2v) is 4.50. The molecule has 0 saturated heterocycles. The van der Waals surface area contributed by atoms with E-state index in [0.29, 0.717) is 29.3 Å². The van der Waals surface area contributed by atoms with Crippen molar-refractivity contribution < 1.29 is 9.21 Å². The highest BCUT2D eigenvalue weighted by molar-refractivity contribution is 7.80. The molecule has 0 unspecified atom stereocenters. The fraction of sp³-hybridized carbons (Fsp3) is 0.231. The Morgan fingerprint density at radius 2 is 2.17 bits per heavy atom. The average Bonchev–Trinajstić information content (AvgIpc) is 2.78. The Bertz CT molecular complexity index is 544. The molecule has 0 saturated carbocycles. The van der Waals surface area contributed by atoms with Crippen molar-refractivity contribution in [2.24, 2.45) is 5.73 Å². The summed E-state index contributed by atoms with van der Waals surface area (Å²) >= 11 is 4.76. The van der Waals surface area contributed by atoms with E-state index in [0.717, 1.165) is 11.8 Å². The molecular weight excluding hydrogens is 248 g/mol. The number of hydrogen-bond donors (Lipinski definition) is 2. The van der Waals surface area contributed by atoms with Crippen LogP contribution in [0.5, 0.6) is 0 Å². The number of thiocarbonyl (C=S) groups is 1. The Morgan fingerprint density at radius 3 is 2.89 bits per heavy atom. The monoisotopic (exact) mass is 262 g/mol. The van der Waals surface area contributed by atoms with Crippen LogP contribution < -0.4 is 11.1 Å². The molecule has 0 aliphatic carbocycles. The van der Waals surface area contributed by atoms with Crippen LogP contribution in [0.1, 0.15) is 23.4 Å². The van der Waals surface area contributed by atoms with Crippen LogP contribution in [0.4, 0.5) is 0 Å². The zero-order chi connectivity index (χ0) is 13.0. The third-order valence-corrected chi connectivity index (χ3v) is 2.74. The van der Waals surface area contributed by atoms with Gasteiger partial charge in [0.05, 0.1) is 4.99 Å². The Balaban J connectivity index is 1.94. The van der Waals surface area contributed by atoms with Crippen molar-refractivity contribution in [2.75, 3.05) is 6.54 Å². The summed E-state index contributed by atoms with van der Waals surface area (Å²) in [6.45, 7) is 0.535. The minimum Gasteiger partial charge on any atom is -0.451 e. The van der Waals surface area contributed by atoms with Gasteiger partial charge in [-0.25, -0.2) is 0 Å². The number of amides is 1. The van der Waals surface area contributed by atoms with Crippen molar-refractivity contribution in [2.45, 2.75) is 12.8 Å². The van der Waals surface area contributed by atoms with Crippen molar-refractivity contribution in [3.05, 3.63) is 36.1 Å². The van der Waals surface area contributed by atoms with Crippen molar-refractivity contribution in [3.63, 3.8) is 0 Å². The molecule has 1 aromatic carbocycles. The highest BCUT2D eigenvalue weighted by Gasteiger charge is 2.10. The zero-order valence-corrected chi connectivity index (χ0v) is 10.6. The molecule has 0 spiro atoms. The Kier molecular flexibility index (Phi) is 3.94. The normalized spacial score (nSPS) is 10.4. The van der Waals surface area contributed by atoms with Gasteiger partial charge >= 0.3 is 0 Å². The van der Waals surface area contributed by atoms with Crippen molar-refractivity contribution >= 4 is 34.1 Å². The van der Waals surface area contributed by atoms with Crippen LogP contribution in [-0.4, -0.2) is 17.4 Å². The summed E-state index contributed by atoms with van der Waals surface area (Å²) in [6, 6.07) is 9.25. The lowest BCUT2D eigenvalue weighted by molar-refractivity contribution is 0.0928. The number of nitrogens with two attached hydrogens (primary N) is 1. The van der Waals surface area contributed by atoms with Crippen LogP contribution in [0, 0.1) is 0 Å². The van der Waals surface area contributed by atoms with Gasteiger partial charge in [-0.05, 0) is 25.0 Å². The molecule has 0 atom stereocenters. The van der Waals surface area contributed by atoms with E-state index in [1.54, 1.807) is 6.07 Å². The predicted octanol–water partition coefficient (Wildman–Crippen LogP) is 2.23. The van der Waals surface area contributed by atoms with E-state index in [1.807, 2.05) is 24.3 Å². The molecule has 2 rings (SSSR count). The van der Waals surface area contributed by atoms with Gasteiger partial charge in [0.15, 0.2) is 5.76 Å². The van der Waals surface area contributed by atoms with Crippen LogP contribution in [0.3, 0.4) is 0 Å². The summed E-state index contributed by atoms with van der Waals surface area (Å²) < 4.78 is 5.45. The van der Waals surface area contributed by atoms with E-state index in [-0.39, 0.29) is 5.91 Å². The minimum atomic E-state index is -0.214. The maximum atomic E-state index is 11.8. The number of fused-ring (bicyclic) bond motifs is 1. The van der Waals surface area contributed by atoms with Gasteiger partial charge in [-0.15, -0.1) is 0 Å². The summed E-state index contributed by atoms with van der Waals surface area (Å²) in [6.07, 6.45) is 1.37. The lowest BCUT2D eigenvalue weighted by Gasteiger charge is -2.01. The Morgan fingerprint density at radius 1 is 1.39 bits per heavy atom. The van der Waals surface area contributed by atoms with Gasteiger partial charge in [0.2, 0.25) is 0 Å². The number of nitrogens with one attached hydrogen (secondary N) is 1. The smallest absolute Gasteiger partial charge is 0.287 e. The van der Waals surface area contributed by atoms with E-state index in [9.17, 15) is 4.79 Å². The van der Waals surface area contributed by atoms with Crippen LogP contribution in [0.25, 0.3) is 11.0 Å². The number of rotatable bonds is 5. The van der Waals surface area contributed by atoms with Gasteiger partial charge in [0, 0.05) is 11.9 Å². The fourth-order valence-corrected chi connectivity index (χ4v) is 1.79. The topological polar surface area (TPSA) is 68.3 Å². The molecule has 18 heavy (non-hydrogen) atoms. The molecule has 5 heteroatoms. The Labute approximate surface area is 110 Å². The molecule has 4 nitrogen and oxygen atoms in total. The Hall–Kier alpha value is -1.88. The van der Waals surface area contributed by atoms with Crippen molar-refractivity contribution in [1.82, 2.24) is 5.32 Å². The molecule has 1 amide bonds. The lowest BCUT2D eigenvalue weighted by atomic mass is 10.2. The number of carbonyl (C=O) groups is 1. The van der Waals surface area contributed by atoms with Crippen LogP contribution in [0.2, 0.25) is 0 Å². The van der Waals surface area contributed by atoms with E-state index >= 15 is 0 Å². The zero-order valence-electron chi connectivity index (χ0n) is 9.81. The first-order valence-electron chi connectivity index (χ1n) is 5.72. The molecule has 0 radical (unpaired) electrons. The summed E-state index contributed by atoms with van der Waals surface area (Å²) in [7, 11) is 0. The minimum absolute atomic E-state index is 0.214. The van der Waals surface area contributed by atoms with Crippen LogP contribution in [-0.2, 0) is 0 Å². The number of benzene rings is 1. The van der Waals surface area contributed by atoms with Gasteiger partial charge in [0.25, 0.3) is 5.91 Å². The van der Waals surface area contributed by atoms with Crippen molar-refractivity contribution in [1.29, 1.82) is 0 Å². The molecule has 1 aromatic heterocycles. The first kappa shape index (κ1) is 12.6. The summed E-state index contributed by atoms with van der Waals surface area (Å²) in [4.78, 5) is 12.3. The maximum Gasteiger partial charge on any atom is 0.287 e. The SMILES string of the molecule is NC(=S)CCCNC(=O)c1cc2ccccc2o1. The lowest BCUT2D eigenvalue weighted by Crippen LogP contribution is -2.24. The van der Waals surface area contributed by atoms with E-state index in [1.165, 1.54) is 0 Å². The quantitative estimate of drug-likeness (QED) is 0.640. The molecular formula is C13H14N2O2S. The highest BCUT2D eigenvalue weighted by atomic mass is 32.1. The first-order valence-corrected chi connectivity index (χ1v) is 6.13. The van der Waals surface area contributed by atoms with E-state index in [2.05, 4.69) is 5.32 Å². The summed E-state index contributed by atoms with van der Waals surface area (Å²) in [5.41, 5.74) is 6.09. The molecule has 0 aliphatic heterocycles. The largest absolute Gasteiger partial charge is 0.451 e. The molecule has 0 fully saturated rings. The van der Waals surface area contributed by atoms with Gasteiger partial charge in [0.1, 0.15) is 5.58 Å². The average molecular weight is 262 g/mol. The van der Waals surface area contributed by atoms with Gasteiger partial charge in [-0.3, -0.25) is 4.79 Å². The highest BCUT2D eigenvalue weighted by Crippen LogP contribution is 2.18.